The molecular formula is C24H26F4O3S. The summed E-state index contributed by atoms with van der Waals surface area (Å²) in [6.07, 6.45) is 2.65. The summed E-state index contributed by atoms with van der Waals surface area (Å²) in [6, 6.07) is 11.5. The molecule has 0 saturated heterocycles. The van der Waals surface area contributed by atoms with E-state index < -0.39 is 21.4 Å². The number of allylic oxidation sites excluding steroid dienone is 1. The summed E-state index contributed by atoms with van der Waals surface area (Å²) in [5.74, 6) is -0.803. The highest BCUT2D eigenvalue weighted by Crippen LogP contribution is 2.50. The standard InChI is InChI=1S/C24H26F4O3S/c1-22(2)13-18(14-23(3,4)15-22)21(16-5-9-19(25)10-6-16)17-7-11-20(12-8-17)31-32(29,30)24(26,27)28/h5-12H,13-15H2,1-4H3. The van der Waals surface area contributed by atoms with Gasteiger partial charge in [0.15, 0.2) is 0 Å². The average Bonchev–Trinajstić information content (AvgIpc) is 2.61. The summed E-state index contributed by atoms with van der Waals surface area (Å²) in [7, 11) is -5.75. The molecule has 0 amide bonds. The smallest absolute Gasteiger partial charge is 0.376 e. The summed E-state index contributed by atoms with van der Waals surface area (Å²) in [5.41, 5.74) is -1.93. The first-order chi connectivity index (χ1) is 14.6. The monoisotopic (exact) mass is 470 g/mol. The Morgan fingerprint density at radius 1 is 0.844 bits per heavy atom. The van der Waals surface area contributed by atoms with E-state index >= 15 is 0 Å². The van der Waals surface area contributed by atoms with Gasteiger partial charge in [0.05, 0.1) is 0 Å². The number of benzene rings is 2. The third-order valence-electron chi connectivity index (χ3n) is 5.46. The molecule has 0 unspecified atom stereocenters. The van der Waals surface area contributed by atoms with Crippen molar-refractivity contribution < 1.29 is 30.2 Å². The molecule has 0 bridgehead atoms. The van der Waals surface area contributed by atoms with Crippen LogP contribution >= 0.6 is 0 Å². The Morgan fingerprint density at radius 3 is 1.72 bits per heavy atom. The van der Waals surface area contributed by atoms with Crippen LogP contribution in [0.25, 0.3) is 5.57 Å². The van der Waals surface area contributed by atoms with Crippen LogP contribution in [0.5, 0.6) is 5.75 Å². The second kappa shape index (κ2) is 8.21. The van der Waals surface area contributed by atoms with Crippen molar-refractivity contribution in [3.05, 3.63) is 71.0 Å². The zero-order valence-corrected chi connectivity index (χ0v) is 19.2. The zero-order chi connectivity index (χ0) is 23.9. The van der Waals surface area contributed by atoms with Crippen LogP contribution in [0.4, 0.5) is 17.6 Å². The molecular weight excluding hydrogens is 444 g/mol. The van der Waals surface area contributed by atoms with Gasteiger partial charge in [0.2, 0.25) is 0 Å². The van der Waals surface area contributed by atoms with Crippen LogP contribution in [0.15, 0.2) is 54.1 Å². The van der Waals surface area contributed by atoms with Crippen molar-refractivity contribution in [1.82, 2.24) is 0 Å². The van der Waals surface area contributed by atoms with Gasteiger partial charge in [-0.3, -0.25) is 0 Å². The molecule has 0 aromatic heterocycles. The molecule has 3 rings (SSSR count). The maximum absolute atomic E-state index is 13.6. The van der Waals surface area contributed by atoms with Crippen LogP contribution in [0.2, 0.25) is 0 Å². The predicted molar refractivity (Wildman–Crippen MR) is 116 cm³/mol. The molecule has 2 aromatic carbocycles. The Morgan fingerprint density at radius 2 is 1.28 bits per heavy atom. The molecule has 0 aliphatic heterocycles. The molecule has 0 atom stereocenters. The third-order valence-corrected chi connectivity index (χ3v) is 6.44. The maximum atomic E-state index is 13.6. The van der Waals surface area contributed by atoms with Gasteiger partial charge in [-0.15, -0.1) is 0 Å². The molecule has 174 valence electrons. The Bertz CT molecular complexity index is 1090. The van der Waals surface area contributed by atoms with Gasteiger partial charge in [0.25, 0.3) is 0 Å². The predicted octanol–water partition coefficient (Wildman–Crippen LogP) is 7.09. The fourth-order valence-electron chi connectivity index (χ4n) is 4.86. The minimum Gasteiger partial charge on any atom is -0.376 e. The van der Waals surface area contributed by atoms with Crippen molar-refractivity contribution in [3.8, 4) is 5.75 Å². The van der Waals surface area contributed by atoms with E-state index in [2.05, 4.69) is 31.9 Å². The minimum atomic E-state index is -5.75. The van der Waals surface area contributed by atoms with Crippen LogP contribution in [0.3, 0.4) is 0 Å². The quantitative estimate of drug-likeness (QED) is 0.272. The highest BCUT2D eigenvalue weighted by atomic mass is 32.2. The third kappa shape index (κ3) is 5.52. The van der Waals surface area contributed by atoms with Crippen LogP contribution in [-0.4, -0.2) is 13.9 Å². The molecule has 2 aromatic rings. The maximum Gasteiger partial charge on any atom is 0.534 e. The van der Waals surface area contributed by atoms with Crippen LogP contribution in [0, 0.1) is 16.6 Å². The van der Waals surface area contributed by atoms with Crippen molar-refractivity contribution in [3.63, 3.8) is 0 Å². The van der Waals surface area contributed by atoms with E-state index in [4.69, 9.17) is 0 Å². The molecule has 0 radical (unpaired) electrons. The van der Waals surface area contributed by atoms with Crippen molar-refractivity contribution in [2.24, 2.45) is 10.8 Å². The Balaban J connectivity index is 2.08. The molecule has 8 heteroatoms. The average molecular weight is 471 g/mol. The minimum absolute atomic E-state index is 0.0339. The molecule has 1 fully saturated rings. The van der Waals surface area contributed by atoms with E-state index in [1.165, 1.54) is 36.4 Å². The highest BCUT2D eigenvalue weighted by Gasteiger charge is 2.48. The first-order valence-electron chi connectivity index (χ1n) is 10.2. The Kier molecular flexibility index (Phi) is 6.23. The number of alkyl halides is 3. The second-order valence-corrected chi connectivity index (χ2v) is 11.4. The summed E-state index contributed by atoms with van der Waals surface area (Å²) >= 11 is 0. The topological polar surface area (TPSA) is 43.4 Å². The number of hydrogen-bond acceptors (Lipinski definition) is 3. The van der Waals surface area contributed by atoms with Gasteiger partial charge in [0, 0.05) is 0 Å². The van der Waals surface area contributed by atoms with Crippen molar-refractivity contribution in [1.29, 1.82) is 0 Å². The zero-order valence-electron chi connectivity index (χ0n) is 18.4. The normalized spacial score (nSPS) is 18.3. The van der Waals surface area contributed by atoms with E-state index in [0.717, 1.165) is 36.0 Å². The molecule has 3 nitrogen and oxygen atoms in total. The number of halogens is 4. The van der Waals surface area contributed by atoms with Gasteiger partial charge in [-0.05, 0) is 71.1 Å². The summed E-state index contributed by atoms with van der Waals surface area (Å²) in [6.45, 7) is 8.76. The van der Waals surface area contributed by atoms with Crippen LogP contribution in [-0.2, 0) is 10.1 Å². The number of hydrogen-bond donors (Lipinski definition) is 0. The van der Waals surface area contributed by atoms with Crippen LogP contribution in [0.1, 0.15) is 58.1 Å². The van der Waals surface area contributed by atoms with E-state index in [0.29, 0.717) is 5.56 Å². The van der Waals surface area contributed by atoms with Gasteiger partial charge in [0.1, 0.15) is 11.6 Å². The molecule has 0 N–H and O–H groups in total. The molecule has 1 aliphatic rings. The van der Waals surface area contributed by atoms with Crippen molar-refractivity contribution >= 4 is 15.7 Å². The Hall–Kier alpha value is -2.35. The fourth-order valence-corrected chi connectivity index (χ4v) is 5.32. The van der Waals surface area contributed by atoms with Crippen LogP contribution < -0.4 is 4.18 Å². The highest BCUT2D eigenvalue weighted by molar-refractivity contribution is 7.88. The van der Waals surface area contributed by atoms with Crippen molar-refractivity contribution in [2.75, 3.05) is 0 Å². The molecule has 0 spiro atoms. The summed E-state index contributed by atoms with van der Waals surface area (Å²) in [4.78, 5) is 0. The lowest BCUT2D eigenvalue weighted by molar-refractivity contribution is -0.0500. The van der Waals surface area contributed by atoms with E-state index in [1.54, 1.807) is 12.1 Å². The van der Waals surface area contributed by atoms with Gasteiger partial charge in [-0.2, -0.15) is 21.6 Å². The fraction of sp³-hybridized carbons (Fsp3) is 0.417. The summed E-state index contributed by atoms with van der Waals surface area (Å²) < 4.78 is 78.2. The summed E-state index contributed by atoms with van der Waals surface area (Å²) in [5, 5.41) is 0. The first-order valence-corrected chi connectivity index (χ1v) is 11.6. The molecule has 0 heterocycles. The molecule has 1 aliphatic carbocycles. The van der Waals surface area contributed by atoms with Gasteiger partial charge in [-0.1, -0.05) is 57.5 Å². The number of rotatable bonds is 4. The first kappa shape index (κ1) is 24.3. The lowest BCUT2D eigenvalue weighted by Crippen LogP contribution is -2.30. The lowest BCUT2D eigenvalue weighted by atomic mass is 9.62. The molecule has 1 saturated carbocycles. The molecule has 32 heavy (non-hydrogen) atoms. The lowest BCUT2D eigenvalue weighted by Gasteiger charge is -2.43. The SMILES string of the molecule is CC1(C)CC(=C(c2ccc(F)cc2)c2ccc(OS(=O)(=O)C(F)(F)F)cc2)CC(C)(C)C1. The van der Waals surface area contributed by atoms with Crippen molar-refractivity contribution in [2.45, 2.75) is 52.5 Å². The van der Waals surface area contributed by atoms with Gasteiger partial charge < -0.3 is 4.18 Å². The van der Waals surface area contributed by atoms with Gasteiger partial charge >= 0.3 is 15.6 Å². The Labute approximate surface area is 186 Å². The largest absolute Gasteiger partial charge is 0.534 e. The van der Waals surface area contributed by atoms with E-state index in [1.807, 2.05) is 0 Å². The van der Waals surface area contributed by atoms with Gasteiger partial charge in [-0.25, -0.2) is 4.39 Å². The van der Waals surface area contributed by atoms with E-state index in [-0.39, 0.29) is 16.6 Å². The second-order valence-electron chi connectivity index (χ2n) is 9.85. The van der Waals surface area contributed by atoms with E-state index in [9.17, 15) is 26.0 Å².